The Morgan fingerprint density at radius 2 is 1.89 bits per heavy atom. The first kappa shape index (κ1) is 21.1. The van der Waals surface area contributed by atoms with Crippen LogP contribution in [0.4, 0.5) is 11.4 Å². The molecule has 0 aliphatic carbocycles. The van der Waals surface area contributed by atoms with Gasteiger partial charge in [-0.3, -0.25) is 19.7 Å². The highest BCUT2D eigenvalue weighted by atomic mass is 32.2. The van der Waals surface area contributed by atoms with E-state index in [0.29, 0.717) is 5.16 Å². The van der Waals surface area contributed by atoms with Gasteiger partial charge in [0.05, 0.1) is 23.9 Å². The topological polar surface area (TPSA) is 134 Å². The molecule has 1 aromatic heterocycles. The lowest BCUT2D eigenvalue weighted by molar-refractivity contribution is -0.384. The van der Waals surface area contributed by atoms with Crippen LogP contribution in [0.5, 0.6) is 5.75 Å². The van der Waals surface area contributed by atoms with E-state index >= 15 is 0 Å². The predicted molar refractivity (Wildman–Crippen MR) is 101 cm³/mol. The summed E-state index contributed by atoms with van der Waals surface area (Å²) in [6.07, 6.45) is 0. The van der Waals surface area contributed by atoms with Gasteiger partial charge in [0.25, 0.3) is 11.6 Å². The van der Waals surface area contributed by atoms with Gasteiger partial charge in [-0.05, 0) is 32.0 Å². The summed E-state index contributed by atoms with van der Waals surface area (Å²) in [5.41, 5.74) is 1.21. The molecule has 1 amide bonds. The number of rotatable bonds is 8. The van der Waals surface area contributed by atoms with Gasteiger partial charge >= 0.3 is 5.97 Å². The van der Waals surface area contributed by atoms with Crippen LogP contribution in [0.1, 0.15) is 11.4 Å². The Kier molecular flexibility index (Phi) is 7.27. The number of hydrogen-bond donors (Lipinski definition) is 1. The number of ether oxygens (including phenoxy) is 2. The molecule has 0 atom stereocenters. The monoisotopic (exact) mass is 406 g/mol. The van der Waals surface area contributed by atoms with Crippen molar-refractivity contribution in [2.75, 3.05) is 24.8 Å². The third-order valence-corrected chi connectivity index (χ3v) is 4.14. The van der Waals surface area contributed by atoms with Crippen LogP contribution in [-0.2, 0) is 14.3 Å². The van der Waals surface area contributed by atoms with E-state index in [1.165, 1.54) is 25.3 Å². The molecule has 0 saturated carbocycles. The standard InChI is InChI=1S/C17H18N4O6S/c1-10-6-11(2)19-17(18-10)28-9-16(23)27-8-15(22)20-13-5-4-12(26-3)7-14(13)21(24)25/h4-7H,8-9H2,1-3H3,(H,20,22). The summed E-state index contributed by atoms with van der Waals surface area (Å²) in [5, 5.41) is 13.9. The molecular formula is C17H18N4O6S. The van der Waals surface area contributed by atoms with E-state index in [1.54, 1.807) is 0 Å². The number of anilines is 1. The van der Waals surface area contributed by atoms with Gasteiger partial charge in [-0.15, -0.1) is 0 Å². The molecule has 0 saturated heterocycles. The highest BCUT2D eigenvalue weighted by Gasteiger charge is 2.18. The molecule has 0 bridgehead atoms. The van der Waals surface area contributed by atoms with Crippen LogP contribution in [-0.4, -0.2) is 46.2 Å². The van der Waals surface area contributed by atoms with Crippen molar-refractivity contribution in [1.82, 2.24) is 9.97 Å². The fourth-order valence-electron chi connectivity index (χ4n) is 2.15. The molecule has 0 aliphatic heterocycles. The van der Waals surface area contributed by atoms with Gasteiger partial charge in [0.2, 0.25) is 0 Å². The van der Waals surface area contributed by atoms with Crippen LogP contribution in [0.15, 0.2) is 29.4 Å². The molecule has 0 aliphatic rings. The van der Waals surface area contributed by atoms with Crippen molar-refractivity contribution in [1.29, 1.82) is 0 Å². The quantitative estimate of drug-likeness (QED) is 0.230. The average molecular weight is 406 g/mol. The van der Waals surface area contributed by atoms with Gasteiger partial charge < -0.3 is 14.8 Å². The number of aromatic nitrogens is 2. The Hall–Kier alpha value is -3.21. The lowest BCUT2D eigenvalue weighted by Crippen LogP contribution is -2.22. The molecule has 0 spiro atoms. The number of carbonyl (C=O) groups is 2. The van der Waals surface area contributed by atoms with Crippen LogP contribution in [0.25, 0.3) is 0 Å². The molecule has 0 fully saturated rings. The molecule has 2 rings (SSSR count). The van der Waals surface area contributed by atoms with Crippen LogP contribution in [0.3, 0.4) is 0 Å². The average Bonchev–Trinajstić information content (AvgIpc) is 2.64. The molecule has 28 heavy (non-hydrogen) atoms. The first-order valence-electron chi connectivity index (χ1n) is 8.01. The Morgan fingerprint density at radius 1 is 1.21 bits per heavy atom. The number of esters is 1. The summed E-state index contributed by atoms with van der Waals surface area (Å²) in [7, 11) is 1.37. The summed E-state index contributed by atoms with van der Waals surface area (Å²) in [5.74, 6) is -1.12. The molecule has 148 valence electrons. The lowest BCUT2D eigenvalue weighted by Gasteiger charge is -2.08. The zero-order valence-electron chi connectivity index (χ0n) is 15.4. The fourth-order valence-corrected chi connectivity index (χ4v) is 2.90. The molecule has 1 heterocycles. The minimum absolute atomic E-state index is 0.0233. The third kappa shape index (κ3) is 6.20. The minimum atomic E-state index is -0.700. The molecule has 10 nitrogen and oxygen atoms in total. The van der Waals surface area contributed by atoms with Crippen molar-refractivity contribution in [2.24, 2.45) is 0 Å². The predicted octanol–water partition coefficient (Wildman–Crippen LogP) is 2.28. The Morgan fingerprint density at radius 3 is 2.50 bits per heavy atom. The van der Waals surface area contributed by atoms with Crippen molar-refractivity contribution >= 4 is 35.0 Å². The smallest absolute Gasteiger partial charge is 0.316 e. The molecule has 2 aromatic rings. The third-order valence-electron chi connectivity index (χ3n) is 3.32. The summed E-state index contributed by atoms with van der Waals surface area (Å²) in [6.45, 7) is 3.07. The molecule has 0 unspecified atom stereocenters. The second-order valence-electron chi connectivity index (χ2n) is 5.57. The van der Waals surface area contributed by atoms with Crippen LogP contribution in [0, 0.1) is 24.0 Å². The van der Waals surface area contributed by atoms with Crippen LogP contribution >= 0.6 is 11.8 Å². The van der Waals surface area contributed by atoms with E-state index in [-0.39, 0.29) is 22.9 Å². The highest BCUT2D eigenvalue weighted by Crippen LogP contribution is 2.28. The van der Waals surface area contributed by atoms with Crippen molar-refractivity contribution < 1.29 is 24.0 Å². The number of hydrogen-bond acceptors (Lipinski definition) is 9. The van der Waals surface area contributed by atoms with E-state index in [0.717, 1.165) is 23.1 Å². The second kappa shape index (κ2) is 9.65. The summed E-state index contributed by atoms with van der Waals surface area (Å²) in [6, 6.07) is 5.80. The number of methoxy groups -OCH3 is 1. The van der Waals surface area contributed by atoms with Gasteiger partial charge in [-0.2, -0.15) is 0 Å². The molecule has 1 aromatic carbocycles. The number of nitro benzene ring substituents is 1. The van der Waals surface area contributed by atoms with E-state index < -0.39 is 23.4 Å². The minimum Gasteiger partial charge on any atom is -0.496 e. The summed E-state index contributed by atoms with van der Waals surface area (Å²) >= 11 is 1.09. The molecule has 0 radical (unpaired) electrons. The summed E-state index contributed by atoms with van der Waals surface area (Å²) in [4.78, 5) is 42.6. The van der Waals surface area contributed by atoms with E-state index in [2.05, 4.69) is 15.3 Å². The fraction of sp³-hybridized carbons (Fsp3) is 0.294. The van der Waals surface area contributed by atoms with Gasteiger partial charge in [0.1, 0.15) is 11.4 Å². The number of nitrogens with one attached hydrogen (secondary N) is 1. The van der Waals surface area contributed by atoms with Gasteiger partial charge in [-0.1, -0.05) is 11.8 Å². The van der Waals surface area contributed by atoms with Crippen molar-refractivity contribution in [3.8, 4) is 5.75 Å². The first-order chi connectivity index (χ1) is 13.3. The Balaban J connectivity index is 1.86. The maximum Gasteiger partial charge on any atom is 0.316 e. The number of benzene rings is 1. The highest BCUT2D eigenvalue weighted by molar-refractivity contribution is 7.99. The number of nitro groups is 1. The van der Waals surface area contributed by atoms with E-state index in [9.17, 15) is 19.7 Å². The summed E-state index contributed by atoms with van der Waals surface area (Å²) < 4.78 is 9.80. The Bertz CT molecular complexity index is 885. The van der Waals surface area contributed by atoms with Gasteiger partial charge in [0, 0.05) is 11.4 Å². The SMILES string of the molecule is COc1ccc(NC(=O)COC(=O)CSc2nc(C)cc(C)n2)c([N+](=O)[O-])c1. The number of thioether (sulfide) groups is 1. The maximum atomic E-state index is 11.9. The van der Waals surface area contributed by atoms with E-state index in [1.807, 2.05) is 19.9 Å². The number of aryl methyl sites for hydroxylation is 2. The van der Waals surface area contributed by atoms with Crippen LogP contribution in [0.2, 0.25) is 0 Å². The number of carbonyl (C=O) groups excluding carboxylic acids is 2. The number of amides is 1. The first-order valence-corrected chi connectivity index (χ1v) is 9.00. The largest absolute Gasteiger partial charge is 0.496 e. The second-order valence-corrected chi connectivity index (χ2v) is 6.51. The normalized spacial score (nSPS) is 10.2. The zero-order valence-corrected chi connectivity index (χ0v) is 16.2. The molecule has 11 heteroatoms. The zero-order chi connectivity index (χ0) is 20.7. The van der Waals surface area contributed by atoms with Crippen molar-refractivity contribution in [3.05, 3.63) is 45.8 Å². The Labute approximate surface area is 164 Å². The van der Waals surface area contributed by atoms with Crippen molar-refractivity contribution in [2.45, 2.75) is 19.0 Å². The van der Waals surface area contributed by atoms with E-state index in [4.69, 9.17) is 9.47 Å². The lowest BCUT2D eigenvalue weighted by atomic mass is 10.2. The maximum absolute atomic E-state index is 11.9. The van der Waals surface area contributed by atoms with Crippen LogP contribution < -0.4 is 10.1 Å². The number of nitrogens with zero attached hydrogens (tertiary/aromatic N) is 3. The van der Waals surface area contributed by atoms with Crippen molar-refractivity contribution in [3.63, 3.8) is 0 Å². The molecule has 1 N–H and O–H groups in total. The van der Waals surface area contributed by atoms with Gasteiger partial charge in [-0.25, -0.2) is 9.97 Å². The van der Waals surface area contributed by atoms with Gasteiger partial charge in [0.15, 0.2) is 11.8 Å². The molecular weight excluding hydrogens is 388 g/mol.